The molecule has 6 heteroatoms. The molecule has 3 rings (SSSR count). The fourth-order valence-corrected chi connectivity index (χ4v) is 3.27. The van der Waals surface area contributed by atoms with Crippen LogP contribution in [0.1, 0.15) is 37.0 Å². The molecule has 2 heterocycles. The van der Waals surface area contributed by atoms with Crippen molar-refractivity contribution in [3.05, 3.63) is 36.0 Å². The van der Waals surface area contributed by atoms with E-state index in [1.165, 1.54) is 0 Å². The van der Waals surface area contributed by atoms with Crippen molar-refractivity contribution in [1.29, 1.82) is 0 Å². The third-order valence-electron chi connectivity index (χ3n) is 4.67. The quantitative estimate of drug-likeness (QED) is 0.638. The summed E-state index contributed by atoms with van der Waals surface area (Å²) in [6.45, 7) is 6.17. The molecule has 1 N–H and O–H groups in total. The van der Waals surface area contributed by atoms with Crippen LogP contribution in [0, 0.1) is 5.92 Å². The number of para-hydroxylation sites is 1. The van der Waals surface area contributed by atoms with Gasteiger partial charge in [0.2, 0.25) is 5.91 Å². The lowest BCUT2D eigenvalue weighted by atomic mass is 10.1. The van der Waals surface area contributed by atoms with Gasteiger partial charge in [-0.2, -0.15) is 0 Å². The van der Waals surface area contributed by atoms with Crippen LogP contribution in [0.4, 0.5) is 0 Å². The van der Waals surface area contributed by atoms with E-state index in [4.69, 9.17) is 0 Å². The summed E-state index contributed by atoms with van der Waals surface area (Å²) in [4.78, 5) is 39.1. The molecule has 0 bridgehead atoms. The normalized spacial score (nSPS) is 14.2. The van der Waals surface area contributed by atoms with Crippen LogP contribution >= 0.6 is 0 Å². The van der Waals surface area contributed by atoms with E-state index in [2.05, 4.69) is 5.32 Å². The Kier molecular flexibility index (Phi) is 5.40. The van der Waals surface area contributed by atoms with Gasteiger partial charge in [0.1, 0.15) is 6.54 Å². The molecule has 1 saturated heterocycles. The summed E-state index contributed by atoms with van der Waals surface area (Å²) in [5.41, 5.74) is 1.14. The monoisotopic (exact) mass is 355 g/mol. The third-order valence-corrected chi connectivity index (χ3v) is 4.67. The van der Waals surface area contributed by atoms with Crippen LogP contribution in [-0.4, -0.2) is 46.7 Å². The Morgan fingerprint density at radius 3 is 2.50 bits per heavy atom. The van der Waals surface area contributed by atoms with Crippen molar-refractivity contribution in [2.75, 3.05) is 19.6 Å². The first-order chi connectivity index (χ1) is 12.5. The van der Waals surface area contributed by atoms with Crippen LogP contribution in [0.2, 0.25) is 0 Å². The van der Waals surface area contributed by atoms with Crippen LogP contribution in [0.5, 0.6) is 0 Å². The summed E-state index contributed by atoms with van der Waals surface area (Å²) >= 11 is 0. The van der Waals surface area contributed by atoms with Crippen LogP contribution in [0.25, 0.3) is 10.9 Å². The van der Waals surface area contributed by atoms with E-state index in [1.54, 1.807) is 10.8 Å². The van der Waals surface area contributed by atoms with Crippen molar-refractivity contribution >= 4 is 28.5 Å². The minimum absolute atomic E-state index is 0.0477. The molecule has 1 aliphatic heterocycles. The number of fused-ring (bicyclic) bond motifs is 1. The van der Waals surface area contributed by atoms with Crippen molar-refractivity contribution < 1.29 is 14.4 Å². The molecule has 2 amide bonds. The molecule has 6 nitrogen and oxygen atoms in total. The van der Waals surface area contributed by atoms with Crippen molar-refractivity contribution in [1.82, 2.24) is 14.8 Å². The highest BCUT2D eigenvalue weighted by molar-refractivity contribution is 6.45. The standard InChI is InChI=1S/C20H25N3O3/c1-14(2)11-21-20(26)19(25)16-12-23(17-8-4-3-7-15(16)17)13-18(24)22-9-5-6-10-22/h3-4,7-8,12,14H,5-6,9-11,13H2,1-2H3,(H,21,26). The summed E-state index contributed by atoms with van der Waals surface area (Å²) in [7, 11) is 0. The number of likely N-dealkylation sites (tertiary alicyclic amines) is 1. The zero-order valence-electron chi connectivity index (χ0n) is 15.3. The maximum absolute atomic E-state index is 12.6. The maximum Gasteiger partial charge on any atom is 0.292 e. The summed E-state index contributed by atoms with van der Waals surface area (Å²) in [5, 5.41) is 3.37. The van der Waals surface area contributed by atoms with Gasteiger partial charge in [-0.3, -0.25) is 14.4 Å². The minimum atomic E-state index is -0.604. The Morgan fingerprint density at radius 1 is 1.12 bits per heavy atom. The first-order valence-electron chi connectivity index (χ1n) is 9.15. The molecule has 1 aromatic heterocycles. The van der Waals surface area contributed by atoms with E-state index in [0.717, 1.165) is 31.4 Å². The van der Waals surface area contributed by atoms with E-state index < -0.39 is 11.7 Å². The second-order valence-corrected chi connectivity index (χ2v) is 7.21. The predicted octanol–water partition coefficient (Wildman–Crippen LogP) is 2.22. The molecular weight excluding hydrogens is 330 g/mol. The maximum atomic E-state index is 12.6. The molecule has 1 aliphatic rings. The molecule has 0 unspecified atom stereocenters. The summed E-state index contributed by atoms with van der Waals surface area (Å²) in [5.74, 6) is -0.848. The van der Waals surface area contributed by atoms with Crippen LogP contribution < -0.4 is 5.32 Å². The number of hydrogen-bond acceptors (Lipinski definition) is 3. The van der Waals surface area contributed by atoms with Gasteiger partial charge in [0.15, 0.2) is 0 Å². The number of ketones is 1. The van der Waals surface area contributed by atoms with Gasteiger partial charge >= 0.3 is 0 Å². The first-order valence-corrected chi connectivity index (χ1v) is 9.15. The van der Waals surface area contributed by atoms with Gasteiger partial charge in [-0.1, -0.05) is 32.0 Å². The molecule has 0 radical (unpaired) electrons. The van der Waals surface area contributed by atoms with Crippen molar-refractivity contribution in [3.8, 4) is 0 Å². The Hall–Kier alpha value is -2.63. The summed E-state index contributed by atoms with van der Waals surface area (Å²) < 4.78 is 1.78. The van der Waals surface area contributed by atoms with Gasteiger partial charge in [0.25, 0.3) is 11.7 Å². The molecule has 0 atom stereocenters. The molecular formula is C20H25N3O3. The fraction of sp³-hybridized carbons (Fsp3) is 0.450. The van der Waals surface area contributed by atoms with Gasteiger partial charge in [-0.05, 0) is 24.8 Å². The average molecular weight is 355 g/mol. The lowest BCUT2D eigenvalue weighted by Crippen LogP contribution is -2.33. The molecule has 0 spiro atoms. The van der Waals surface area contributed by atoms with Crippen molar-refractivity contribution in [2.45, 2.75) is 33.2 Å². The second kappa shape index (κ2) is 7.72. The Bertz CT molecular complexity index is 832. The number of carbonyl (C=O) groups is 3. The zero-order valence-corrected chi connectivity index (χ0v) is 15.3. The molecule has 0 saturated carbocycles. The number of aromatic nitrogens is 1. The number of benzene rings is 1. The van der Waals surface area contributed by atoms with Crippen molar-refractivity contribution in [3.63, 3.8) is 0 Å². The van der Waals surface area contributed by atoms with Gasteiger partial charge in [-0.15, -0.1) is 0 Å². The van der Waals surface area contributed by atoms with E-state index in [1.807, 2.05) is 43.0 Å². The molecule has 0 aliphatic carbocycles. The van der Waals surface area contributed by atoms with Crippen molar-refractivity contribution in [2.24, 2.45) is 5.92 Å². The highest BCUT2D eigenvalue weighted by Gasteiger charge is 2.23. The highest BCUT2D eigenvalue weighted by atomic mass is 16.2. The number of carbonyl (C=O) groups excluding carboxylic acids is 3. The van der Waals surface area contributed by atoms with Gasteiger partial charge < -0.3 is 14.8 Å². The molecule has 2 aromatic rings. The highest BCUT2D eigenvalue weighted by Crippen LogP contribution is 2.22. The van der Waals surface area contributed by atoms with E-state index in [0.29, 0.717) is 17.5 Å². The van der Waals surface area contributed by atoms with E-state index in [-0.39, 0.29) is 18.4 Å². The second-order valence-electron chi connectivity index (χ2n) is 7.21. The number of nitrogens with zero attached hydrogens (tertiary/aromatic N) is 2. The zero-order chi connectivity index (χ0) is 18.7. The van der Waals surface area contributed by atoms with Gasteiger partial charge in [0, 0.05) is 36.7 Å². The molecule has 1 aromatic carbocycles. The smallest absolute Gasteiger partial charge is 0.292 e. The van der Waals surface area contributed by atoms with Crippen LogP contribution in [-0.2, 0) is 16.1 Å². The van der Waals surface area contributed by atoms with Gasteiger partial charge in [-0.25, -0.2) is 0 Å². The Labute approximate surface area is 153 Å². The Balaban J connectivity index is 1.86. The lowest BCUT2D eigenvalue weighted by Gasteiger charge is -2.15. The van der Waals surface area contributed by atoms with E-state index >= 15 is 0 Å². The predicted molar refractivity (Wildman–Crippen MR) is 99.9 cm³/mol. The molecule has 1 fully saturated rings. The number of rotatable bonds is 6. The largest absolute Gasteiger partial charge is 0.349 e. The molecule has 26 heavy (non-hydrogen) atoms. The Morgan fingerprint density at radius 2 is 1.81 bits per heavy atom. The van der Waals surface area contributed by atoms with Gasteiger partial charge in [0.05, 0.1) is 5.56 Å². The average Bonchev–Trinajstić information content (AvgIpc) is 3.28. The topological polar surface area (TPSA) is 71.4 Å². The van der Waals surface area contributed by atoms with Crippen LogP contribution in [0.15, 0.2) is 30.5 Å². The van der Waals surface area contributed by atoms with Crippen LogP contribution in [0.3, 0.4) is 0 Å². The summed E-state index contributed by atoms with van der Waals surface area (Å²) in [6, 6.07) is 7.38. The summed E-state index contributed by atoms with van der Waals surface area (Å²) in [6.07, 6.45) is 3.71. The number of Topliss-reactive ketones (excluding diaryl/α,β-unsaturated/α-hetero) is 1. The first kappa shape index (κ1) is 18.2. The number of amides is 2. The molecule has 138 valence electrons. The fourth-order valence-electron chi connectivity index (χ4n) is 3.27. The number of nitrogens with one attached hydrogen (secondary N) is 1. The SMILES string of the molecule is CC(C)CNC(=O)C(=O)c1cn(CC(=O)N2CCCC2)c2ccccc12. The van der Waals surface area contributed by atoms with E-state index in [9.17, 15) is 14.4 Å². The lowest BCUT2D eigenvalue weighted by molar-refractivity contribution is -0.130. The number of hydrogen-bond donors (Lipinski definition) is 1. The third kappa shape index (κ3) is 3.79. The minimum Gasteiger partial charge on any atom is -0.349 e.